The lowest BCUT2D eigenvalue weighted by Gasteiger charge is -2.28. The van der Waals surface area contributed by atoms with Gasteiger partial charge in [-0.15, -0.1) is 0 Å². The van der Waals surface area contributed by atoms with Gasteiger partial charge in [0.05, 0.1) is 6.10 Å². The largest absolute Gasteiger partial charge is 0.378 e. The van der Waals surface area contributed by atoms with Crippen LogP contribution in [0, 0.1) is 0 Å². The van der Waals surface area contributed by atoms with Crippen molar-refractivity contribution in [3.05, 3.63) is 18.2 Å². The van der Waals surface area contributed by atoms with Gasteiger partial charge in [-0.25, -0.2) is 10.8 Å². The lowest BCUT2D eigenvalue weighted by atomic mass is 10.0. The summed E-state index contributed by atoms with van der Waals surface area (Å²) >= 11 is 0. The zero-order valence-corrected chi connectivity index (χ0v) is 9.44. The van der Waals surface area contributed by atoms with E-state index >= 15 is 0 Å². The van der Waals surface area contributed by atoms with Crippen molar-refractivity contribution >= 4 is 11.6 Å². The summed E-state index contributed by atoms with van der Waals surface area (Å²) in [5.41, 5.74) is 2.54. The second-order valence-electron chi connectivity index (χ2n) is 4.10. The third kappa shape index (κ3) is 2.84. The summed E-state index contributed by atoms with van der Waals surface area (Å²) in [6, 6.07) is 6.13. The molecule has 5 nitrogen and oxygen atoms in total. The van der Waals surface area contributed by atoms with Crippen LogP contribution in [0.3, 0.4) is 0 Å². The Bertz CT molecular complexity index is 345. The van der Waals surface area contributed by atoms with E-state index in [0.29, 0.717) is 18.0 Å². The Hall–Kier alpha value is -1.33. The lowest BCUT2D eigenvalue weighted by Crippen LogP contribution is -2.32. The van der Waals surface area contributed by atoms with Crippen LogP contribution in [-0.2, 0) is 4.74 Å². The number of hydrogen-bond acceptors (Lipinski definition) is 5. The minimum absolute atomic E-state index is 0.321. The fourth-order valence-electron chi connectivity index (χ4n) is 1.93. The van der Waals surface area contributed by atoms with Gasteiger partial charge in [-0.3, -0.25) is 0 Å². The Kier molecular flexibility index (Phi) is 3.58. The number of rotatable bonds is 3. The van der Waals surface area contributed by atoms with Gasteiger partial charge >= 0.3 is 0 Å². The van der Waals surface area contributed by atoms with E-state index in [1.54, 1.807) is 0 Å². The Morgan fingerprint density at radius 2 is 2.25 bits per heavy atom. The summed E-state index contributed by atoms with van der Waals surface area (Å²) in [6.45, 7) is 2.91. The number of hydrogen-bond donors (Lipinski definition) is 3. The van der Waals surface area contributed by atoms with Crippen LogP contribution in [0.5, 0.6) is 0 Å². The van der Waals surface area contributed by atoms with Gasteiger partial charge in [-0.2, -0.15) is 0 Å². The average molecular weight is 222 g/mol. The molecule has 4 N–H and O–H groups in total. The summed E-state index contributed by atoms with van der Waals surface area (Å²) in [5.74, 6) is 6.84. The number of pyridine rings is 1. The zero-order valence-electron chi connectivity index (χ0n) is 9.44. The molecule has 1 aliphatic rings. The number of hydrazine groups is 1. The minimum Gasteiger partial charge on any atom is -0.378 e. The van der Waals surface area contributed by atoms with E-state index in [0.717, 1.165) is 25.3 Å². The van der Waals surface area contributed by atoms with Crippen molar-refractivity contribution in [3.8, 4) is 0 Å². The summed E-state index contributed by atoms with van der Waals surface area (Å²) in [5, 5.41) is 3.40. The van der Waals surface area contributed by atoms with Gasteiger partial charge in [0.1, 0.15) is 11.6 Å². The number of nitrogens with one attached hydrogen (secondary N) is 2. The third-order valence-corrected chi connectivity index (χ3v) is 2.73. The molecule has 2 unspecified atom stereocenters. The van der Waals surface area contributed by atoms with Crippen molar-refractivity contribution in [1.82, 2.24) is 4.98 Å². The van der Waals surface area contributed by atoms with Crippen LogP contribution in [0.4, 0.5) is 11.6 Å². The van der Waals surface area contributed by atoms with Crippen molar-refractivity contribution in [2.75, 3.05) is 17.3 Å². The molecule has 2 rings (SSSR count). The van der Waals surface area contributed by atoms with Crippen molar-refractivity contribution in [2.24, 2.45) is 5.84 Å². The first-order chi connectivity index (χ1) is 7.78. The molecule has 2 atom stereocenters. The van der Waals surface area contributed by atoms with Gasteiger partial charge in [0.15, 0.2) is 0 Å². The molecule has 1 aromatic rings. The molecule has 0 aliphatic carbocycles. The summed E-state index contributed by atoms with van der Waals surface area (Å²) in [6.07, 6.45) is 2.36. The molecule has 0 radical (unpaired) electrons. The second-order valence-corrected chi connectivity index (χ2v) is 4.10. The van der Waals surface area contributed by atoms with Crippen molar-refractivity contribution in [1.29, 1.82) is 0 Å². The quantitative estimate of drug-likeness (QED) is 0.532. The fraction of sp³-hybridized carbons (Fsp3) is 0.545. The maximum absolute atomic E-state index is 5.50. The van der Waals surface area contributed by atoms with Crippen molar-refractivity contribution in [3.63, 3.8) is 0 Å². The summed E-state index contributed by atoms with van der Waals surface area (Å²) in [4.78, 5) is 4.32. The first-order valence-corrected chi connectivity index (χ1v) is 5.60. The Balaban J connectivity index is 1.97. The maximum Gasteiger partial charge on any atom is 0.142 e. The van der Waals surface area contributed by atoms with Crippen LogP contribution in [0.1, 0.15) is 19.8 Å². The molecule has 1 aromatic heterocycles. The number of nitrogen functional groups attached to an aromatic ring is 1. The molecule has 1 saturated heterocycles. The standard InChI is InChI=1S/C11H18N4O/c1-8-7-9(5-6-16-8)13-10-3-2-4-11(14-10)15-12/h2-4,8-9H,5-7,12H2,1H3,(H2,13,14,15). The first-order valence-electron chi connectivity index (χ1n) is 5.60. The highest BCUT2D eigenvalue weighted by Crippen LogP contribution is 2.18. The minimum atomic E-state index is 0.321. The monoisotopic (exact) mass is 222 g/mol. The molecule has 1 aliphatic heterocycles. The number of aromatic nitrogens is 1. The second kappa shape index (κ2) is 5.14. The molecule has 0 spiro atoms. The highest BCUT2D eigenvalue weighted by atomic mass is 16.5. The molecule has 5 heteroatoms. The van der Waals surface area contributed by atoms with E-state index < -0.39 is 0 Å². The first kappa shape index (κ1) is 11.2. The average Bonchev–Trinajstić information content (AvgIpc) is 2.29. The topological polar surface area (TPSA) is 72.2 Å². The highest BCUT2D eigenvalue weighted by Gasteiger charge is 2.19. The van der Waals surface area contributed by atoms with E-state index in [4.69, 9.17) is 10.6 Å². The van der Waals surface area contributed by atoms with Gasteiger partial charge in [0.2, 0.25) is 0 Å². The SMILES string of the molecule is CC1CC(Nc2cccc(NN)n2)CCO1. The zero-order chi connectivity index (χ0) is 11.4. The molecular weight excluding hydrogens is 204 g/mol. The number of ether oxygens (including phenoxy) is 1. The fourth-order valence-corrected chi connectivity index (χ4v) is 1.93. The summed E-state index contributed by atoms with van der Waals surface area (Å²) in [7, 11) is 0. The Labute approximate surface area is 95.4 Å². The molecule has 16 heavy (non-hydrogen) atoms. The van der Waals surface area contributed by atoms with E-state index in [1.807, 2.05) is 18.2 Å². The molecule has 0 bridgehead atoms. The van der Waals surface area contributed by atoms with Crippen LogP contribution in [0.25, 0.3) is 0 Å². The van der Waals surface area contributed by atoms with Gasteiger partial charge in [0, 0.05) is 12.6 Å². The lowest BCUT2D eigenvalue weighted by molar-refractivity contribution is 0.0232. The molecule has 0 aromatic carbocycles. The third-order valence-electron chi connectivity index (χ3n) is 2.73. The van der Waals surface area contributed by atoms with Crippen LogP contribution < -0.4 is 16.6 Å². The van der Waals surface area contributed by atoms with Gasteiger partial charge in [-0.05, 0) is 31.9 Å². The Morgan fingerprint density at radius 3 is 3.00 bits per heavy atom. The van der Waals surface area contributed by atoms with E-state index in [2.05, 4.69) is 22.7 Å². The van der Waals surface area contributed by atoms with Crippen LogP contribution >= 0.6 is 0 Å². The van der Waals surface area contributed by atoms with Gasteiger partial charge in [-0.1, -0.05) is 6.07 Å². The van der Waals surface area contributed by atoms with Crippen molar-refractivity contribution in [2.45, 2.75) is 31.9 Å². The van der Waals surface area contributed by atoms with Gasteiger partial charge in [0.25, 0.3) is 0 Å². The molecular formula is C11H18N4O. The van der Waals surface area contributed by atoms with Crippen LogP contribution in [-0.4, -0.2) is 23.7 Å². The molecule has 1 fully saturated rings. The summed E-state index contributed by atoms with van der Waals surface area (Å²) < 4.78 is 5.50. The Morgan fingerprint density at radius 1 is 1.44 bits per heavy atom. The highest BCUT2D eigenvalue weighted by molar-refractivity contribution is 5.44. The molecule has 0 amide bonds. The van der Waals surface area contributed by atoms with Crippen molar-refractivity contribution < 1.29 is 4.74 Å². The van der Waals surface area contributed by atoms with E-state index in [-0.39, 0.29) is 0 Å². The van der Waals surface area contributed by atoms with E-state index in [1.165, 1.54) is 0 Å². The predicted molar refractivity (Wildman–Crippen MR) is 64.1 cm³/mol. The van der Waals surface area contributed by atoms with Crippen LogP contribution in [0.15, 0.2) is 18.2 Å². The van der Waals surface area contributed by atoms with Gasteiger partial charge < -0.3 is 15.5 Å². The van der Waals surface area contributed by atoms with E-state index in [9.17, 15) is 0 Å². The maximum atomic E-state index is 5.50. The molecule has 0 saturated carbocycles. The number of nitrogens with zero attached hydrogens (tertiary/aromatic N) is 1. The molecule has 88 valence electrons. The normalized spacial score (nSPS) is 25.1. The van der Waals surface area contributed by atoms with Crippen LogP contribution in [0.2, 0.25) is 0 Å². The predicted octanol–water partition coefficient (Wildman–Crippen LogP) is 1.35. The number of anilines is 2. The number of nitrogens with two attached hydrogens (primary N) is 1. The molecule has 2 heterocycles. The smallest absolute Gasteiger partial charge is 0.142 e.